The largest absolute Gasteiger partial charge is 0.494 e. The van der Waals surface area contributed by atoms with E-state index in [0.29, 0.717) is 6.61 Å². The summed E-state index contributed by atoms with van der Waals surface area (Å²) in [5.74, 6) is 0.972. The number of benzene rings is 1. The van der Waals surface area contributed by atoms with E-state index in [9.17, 15) is 0 Å². The maximum Gasteiger partial charge on any atom is 0.122 e. The van der Waals surface area contributed by atoms with Gasteiger partial charge in [-0.05, 0) is 51.1 Å². The van der Waals surface area contributed by atoms with Crippen LogP contribution in [-0.2, 0) is 6.42 Å². The van der Waals surface area contributed by atoms with Gasteiger partial charge in [-0.1, -0.05) is 0 Å². The predicted octanol–water partition coefficient (Wildman–Crippen LogP) is 3.59. The molecule has 0 aliphatic rings. The molecule has 0 radical (unpaired) electrons. The third-order valence-electron chi connectivity index (χ3n) is 3.24. The molecule has 1 N–H and O–H groups in total. The van der Waals surface area contributed by atoms with Crippen LogP contribution in [0, 0.1) is 13.8 Å². The topological polar surface area (TPSA) is 34.1 Å². The summed E-state index contributed by atoms with van der Waals surface area (Å²) in [6, 6.07) is 4.29. The second-order valence-electron chi connectivity index (χ2n) is 4.85. The Labute approximate surface area is 125 Å². The van der Waals surface area contributed by atoms with Crippen molar-refractivity contribution >= 4 is 11.3 Å². The van der Waals surface area contributed by atoms with E-state index in [-0.39, 0.29) is 0 Å². The molecule has 0 atom stereocenters. The first kappa shape index (κ1) is 15.0. The Morgan fingerprint density at radius 3 is 2.75 bits per heavy atom. The van der Waals surface area contributed by atoms with Gasteiger partial charge < -0.3 is 10.1 Å². The third kappa shape index (κ3) is 3.38. The van der Waals surface area contributed by atoms with E-state index in [1.54, 1.807) is 11.3 Å². The molecular formula is C16H22N2OS. The number of aryl methyl sites for hydroxylation is 2. The number of likely N-dealkylation sites (N-methyl/N-ethyl adjacent to an activating group) is 1. The number of nitrogens with zero attached hydrogens (tertiary/aromatic N) is 1. The first-order valence-corrected chi connectivity index (χ1v) is 7.87. The minimum absolute atomic E-state index is 0.699. The summed E-state index contributed by atoms with van der Waals surface area (Å²) in [5, 5.41) is 6.48. The summed E-state index contributed by atoms with van der Waals surface area (Å²) >= 11 is 1.73. The highest BCUT2D eigenvalue weighted by Crippen LogP contribution is 2.31. The fourth-order valence-electron chi connectivity index (χ4n) is 2.16. The first-order valence-electron chi connectivity index (χ1n) is 6.99. The molecule has 4 heteroatoms. The smallest absolute Gasteiger partial charge is 0.122 e. The van der Waals surface area contributed by atoms with E-state index < -0.39 is 0 Å². The van der Waals surface area contributed by atoms with E-state index in [2.05, 4.69) is 36.7 Å². The first-order chi connectivity index (χ1) is 9.65. The molecule has 0 saturated heterocycles. The number of rotatable bonds is 6. The lowest BCUT2D eigenvalue weighted by Crippen LogP contribution is -2.09. The van der Waals surface area contributed by atoms with Crippen molar-refractivity contribution in [1.29, 1.82) is 0 Å². The van der Waals surface area contributed by atoms with Crippen molar-refractivity contribution in [1.82, 2.24) is 10.3 Å². The Kier molecular flexibility index (Phi) is 5.15. The summed E-state index contributed by atoms with van der Waals surface area (Å²) in [7, 11) is 1.97. The zero-order valence-corrected chi connectivity index (χ0v) is 13.4. The molecule has 2 rings (SSSR count). The Morgan fingerprint density at radius 2 is 2.05 bits per heavy atom. The molecule has 1 aromatic carbocycles. The van der Waals surface area contributed by atoms with Crippen molar-refractivity contribution in [2.75, 3.05) is 20.2 Å². The summed E-state index contributed by atoms with van der Waals surface area (Å²) < 4.78 is 5.64. The van der Waals surface area contributed by atoms with Gasteiger partial charge in [-0.15, -0.1) is 11.3 Å². The standard InChI is InChI=1S/C16H22N2OS/c1-5-19-15-9-11(2)13(8-12(15)3)14-10-20-16(18-14)6-7-17-4/h8-10,17H,5-7H2,1-4H3. The molecule has 0 fully saturated rings. The van der Waals surface area contributed by atoms with E-state index in [1.165, 1.54) is 16.1 Å². The molecule has 0 aliphatic heterocycles. The molecular weight excluding hydrogens is 268 g/mol. The molecule has 0 saturated carbocycles. The quantitative estimate of drug-likeness (QED) is 0.883. The van der Waals surface area contributed by atoms with Crippen LogP contribution in [0.3, 0.4) is 0 Å². The van der Waals surface area contributed by atoms with Crippen LogP contribution >= 0.6 is 11.3 Å². The second-order valence-corrected chi connectivity index (χ2v) is 5.79. The number of nitrogens with one attached hydrogen (secondary N) is 1. The van der Waals surface area contributed by atoms with Crippen LogP contribution < -0.4 is 10.1 Å². The highest BCUT2D eigenvalue weighted by molar-refractivity contribution is 7.09. The highest BCUT2D eigenvalue weighted by Gasteiger charge is 2.10. The van der Waals surface area contributed by atoms with Gasteiger partial charge in [-0.2, -0.15) is 0 Å². The van der Waals surface area contributed by atoms with Crippen molar-refractivity contribution in [2.45, 2.75) is 27.2 Å². The van der Waals surface area contributed by atoms with Crippen molar-refractivity contribution in [3.63, 3.8) is 0 Å². The summed E-state index contributed by atoms with van der Waals surface area (Å²) in [6.07, 6.45) is 0.982. The molecule has 1 heterocycles. The van der Waals surface area contributed by atoms with Gasteiger partial charge in [-0.3, -0.25) is 0 Å². The maximum absolute atomic E-state index is 5.64. The highest BCUT2D eigenvalue weighted by atomic mass is 32.1. The van der Waals surface area contributed by atoms with Crippen LogP contribution in [0.25, 0.3) is 11.3 Å². The van der Waals surface area contributed by atoms with Gasteiger partial charge in [-0.25, -0.2) is 4.98 Å². The molecule has 2 aromatic rings. The Bertz CT molecular complexity index is 578. The van der Waals surface area contributed by atoms with E-state index in [4.69, 9.17) is 9.72 Å². The molecule has 0 aliphatic carbocycles. The van der Waals surface area contributed by atoms with E-state index in [0.717, 1.165) is 30.0 Å². The summed E-state index contributed by atoms with van der Waals surface area (Å²) in [5.41, 5.74) is 4.66. The SMILES string of the molecule is CCOc1cc(C)c(-c2csc(CCNC)n2)cc1C. The summed E-state index contributed by atoms with van der Waals surface area (Å²) in [4.78, 5) is 4.73. The lowest BCUT2D eigenvalue weighted by Gasteiger charge is -2.11. The van der Waals surface area contributed by atoms with Crippen LogP contribution in [0.1, 0.15) is 23.1 Å². The van der Waals surface area contributed by atoms with E-state index >= 15 is 0 Å². The van der Waals surface area contributed by atoms with Crippen molar-refractivity contribution < 1.29 is 4.74 Å². The molecule has 0 spiro atoms. The Balaban J connectivity index is 2.28. The monoisotopic (exact) mass is 290 g/mol. The fourth-order valence-corrected chi connectivity index (χ4v) is 2.96. The second kappa shape index (κ2) is 6.86. The lowest BCUT2D eigenvalue weighted by molar-refractivity contribution is 0.337. The molecule has 20 heavy (non-hydrogen) atoms. The van der Waals surface area contributed by atoms with Gasteiger partial charge in [0.1, 0.15) is 5.75 Å². The van der Waals surface area contributed by atoms with Gasteiger partial charge in [0.15, 0.2) is 0 Å². The maximum atomic E-state index is 5.64. The number of hydrogen-bond acceptors (Lipinski definition) is 4. The fraction of sp³-hybridized carbons (Fsp3) is 0.438. The lowest BCUT2D eigenvalue weighted by atomic mass is 10.0. The Hall–Kier alpha value is -1.39. The third-order valence-corrected chi connectivity index (χ3v) is 4.15. The zero-order chi connectivity index (χ0) is 14.5. The summed E-state index contributed by atoms with van der Waals surface area (Å²) in [6.45, 7) is 7.88. The van der Waals surface area contributed by atoms with Crippen LogP contribution in [0.4, 0.5) is 0 Å². The molecule has 3 nitrogen and oxygen atoms in total. The van der Waals surface area contributed by atoms with Crippen LogP contribution in [-0.4, -0.2) is 25.2 Å². The van der Waals surface area contributed by atoms with Gasteiger partial charge in [0.2, 0.25) is 0 Å². The Morgan fingerprint density at radius 1 is 1.25 bits per heavy atom. The molecule has 0 bridgehead atoms. The van der Waals surface area contributed by atoms with Gasteiger partial charge in [0.25, 0.3) is 0 Å². The van der Waals surface area contributed by atoms with Gasteiger partial charge in [0.05, 0.1) is 17.3 Å². The van der Waals surface area contributed by atoms with Gasteiger partial charge >= 0.3 is 0 Å². The van der Waals surface area contributed by atoms with E-state index in [1.807, 2.05) is 14.0 Å². The number of ether oxygens (including phenoxy) is 1. The minimum atomic E-state index is 0.699. The normalized spacial score (nSPS) is 10.8. The molecule has 108 valence electrons. The average Bonchev–Trinajstić information content (AvgIpc) is 2.89. The van der Waals surface area contributed by atoms with Crippen LogP contribution in [0.5, 0.6) is 5.75 Å². The molecule has 0 amide bonds. The van der Waals surface area contributed by atoms with Crippen molar-refractivity contribution in [3.05, 3.63) is 33.6 Å². The van der Waals surface area contributed by atoms with Crippen LogP contribution in [0.15, 0.2) is 17.5 Å². The molecule has 1 aromatic heterocycles. The molecule has 0 unspecified atom stereocenters. The van der Waals surface area contributed by atoms with Gasteiger partial charge in [0, 0.05) is 23.9 Å². The number of thiazole rings is 1. The number of aromatic nitrogens is 1. The van der Waals surface area contributed by atoms with Crippen molar-refractivity contribution in [2.24, 2.45) is 0 Å². The van der Waals surface area contributed by atoms with Crippen LogP contribution in [0.2, 0.25) is 0 Å². The van der Waals surface area contributed by atoms with Crippen molar-refractivity contribution in [3.8, 4) is 17.0 Å². The minimum Gasteiger partial charge on any atom is -0.494 e. The zero-order valence-electron chi connectivity index (χ0n) is 12.6. The number of hydrogen-bond donors (Lipinski definition) is 1. The predicted molar refractivity (Wildman–Crippen MR) is 85.8 cm³/mol. The average molecular weight is 290 g/mol.